The highest BCUT2D eigenvalue weighted by atomic mass is 20.0. The number of ether oxygens (including phenoxy) is 7. The first-order valence-electron chi connectivity index (χ1n) is 26.5. The van der Waals surface area contributed by atoms with Gasteiger partial charge in [0.05, 0.1) is 82.8 Å². The number of likely N-dealkylation sites (N-methyl/N-ethyl adjacent to an activating group) is 2. The van der Waals surface area contributed by atoms with Gasteiger partial charge in [-0.3, -0.25) is 57.9 Å². The van der Waals surface area contributed by atoms with Crippen LogP contribution in [0.2, 0.25) is 0 Å². The van der Waals surface area contributed by atoms with Gasteiger partial charge in [0, 0.05) is 43.0 Å². The molecule has 0 aliphatic carbocycles. The van der Waals surface area contributed by atoms with Gasteiger partial charge in [-0.2, -0.15) is 0 Å². The second kappa shape index (κ2) is 38.3. The van der Waals surface area contributed by atoms with Crippen LogP contribution < -0.4 is 0 Å². The average molecular weight is 1380 g/mol. The minimum atomic E-state index is -3.28. The Hall–Kier alpha value is -6.89. The SMILES string of the molecule is CC(C)(C)OC(=O)N1CC(F)(F)C(C)(C)[C@H]1C(=O)O.COC(=O)[C@@H]1CC(=O)CN1C.COC(=O)[C@H]1N(C(=O)OC(C)(C)C)CC(=O)C1(C)C.COC(=O)[C@H]1N(C(=O)OC(C)(C)C)CC(F)(F)C1(C)C.COC(=O)[C@H]1N(C)CC(=O)C1(C)C.F.F.FF.FF.FF.FF. The highest BCUT2D eigenvalue weighted by Gasteiger charge is 2.66. The zero-order valence-electron chi connectivity index (χ0n) is 55.5. The lowest BCUT2D eigenvalue weighted by molar-refractivity contribution is -0.152. The fraction of sp³-hybridized carbons (Fsp3) is 0.796. The van der Waals surface area contributed by atoms with Crippen molar-refractivity contribution in [2.75, 3.05) is 75.3 Å². The number of esters is 4. The quantitative estimate of drug-likeness (QED) is 0.152. The molecule has 5 saturated heterocycles. The molecule has 0 saturated carbocycles. The molecule has 24 nitrogen and oxygen atoms in total. The topological polar surface area (TPSA) is 289 Å². The standard InChI is InChI=1S/C13H21F2NO4.C13H21NO5.C12H19F2NO4.C9H15NO3.C7H11NO3.4F2.2FH/c1-11(2,3)20-10(18)16-7-13(14,15)12(4,5)8(16)9(17)19-6;1-12(2,3)19-11(17)14-7-8(15)13(4,5)9(14)10(16)18-6;1-10(2,3)19-9(18)15-6-12(13,14)11(4,5)7(15)8(16)17;1-9(2)6(11)5-10(3)7(9)8(12)13-4;1-8-4-5(9)3-6(8)7(10)11-2;4*1-2;;/h8H,7H2,1-6H3;9H,7H2,1-6H3;7H,6H2,1-5H3,(H,16,17);7H,5H2,1-4H3;6H,3-4H2,1-2H3;;;;;2*1H/t8-;9-;2*7-;6-;;;;;;/m11110....../s1. The van der Waals surface area contributed by atoms with Crippen molar-refractivity contribution in [3.63, 3.8) is 0 Å². The van der Waals surface area contributed by atoms with Crippen LogP contribution in [0.4, 0.5) is 77.9 Å². The minimum Gasteiger partial charge on any atom is -0.480 e. The molecule has 1 N–H and O–H groups in total. The minimum absolute atomic E-state index is 0. The number of carboxylic acids is 1. The smallest absolute Gasteiger partial charge is 0.411 e. The molecule has 0 aromatic rings. The van der Waals surface area contributed by atoms with E-state index in [0.29, 0.717) is 24.4 Å². The van der Waals surface area contributed by atoms with Crippen LogP contribution >= 0.6 is 0 Å². The van der Waals surface area contributed by atoms with Gasteiger partial charge in [-0.1, -0.05) is 55.4 Å². The molecule has 0 aromatic carbocycles. The third-order valence-corrected chi connectivity index (χ3v) is 14.1. The van der Waals surface area contributed by atoms with E-state index >= 15 is 0 Å². The number of carbonyl (C=O) groups excluding carboxylic acids is 10. The number of hydrogen-bond acceptors (Lipinski definition) is 20. The summed E-state index contributed by atoms with van der Waals surface area (Å²) >= 11 is 0. The van der Waals surface area contributed by atoms with Gasteiger partial charge >= 0.3 is 48.1 Å². The number of likely N-dealkylation sites (tertiary alicyclic amines) is 5. The summed E-state index contributed by atoms with van der Waals surface area (Å²) in [7, 11) is 8.51. The van der Waals surface area contributed by atoms with E-state index in [1.807, 2.05) is 0 Å². The number of halogens is 14. The lowest BCUT2D eigenvalue weighted by Crippen LogP contribution is -2.49. The molecule has 5 aliphatic rings. The van der Waals surface area contributed by atoms with E-state index < -0.39 is 124 Å². The lowest BCUT2D eigenvalue weighted by atomic mass is 9.82. The van der Waals surface area contributed by atoms with Crippen molar-refractivity contribution in [1.82, 2.24) is 24.5 Å². The van der Waals surface area contributed by atoms with Crippen molar-refractivity contribution < 1.29 is 155 Å². The Morgan fingerprint density at radius 1 is 0.435 bits per heavy atom. The summed E-state index contributed by atoms with van der Waals surface area (Å²) in [5.41, 5.74) is -7.56. The van der Waals surface area contributed by atoms with Gasteiger partial charge in [0.25, 0.3) is 11.8 Å². The number of carboxylic acid groups (broad SMARTS) is 1. The van der Waals surface area contributed by atoms with Crippen LogP contribution in [-0.4, -0.2) is 229 Å². The molecule has 0 spiro atoms. The third-order valence-electron chi connectivity index (χ3n) is 14.1. The number of aliphatic carboxylic acids is 1. The van der Waals surface area contributed by atoms with Gasteiger partial charge in [0.1, 0.15) is 52.8 Å². The van der Waals surface area contributed by atoms with Gasteiger partial charge < -0.3 is 38.3 Å². The molecular weight excluding hydrogens is 1290 g/mol. The van der Waals surface area contributed by atoms with Crippen LogP contribution in [0.1, 0.15) is 124 Å². The summed E-state index contributed by atoms with van der Waals surface area (Å²) in [5, 5.41) is 9.12. The number of carbonyl (C=O) groups is 11. The maximum absolute atomic E-state index is 14.1. The second-order valence-corrected chi connectivity index (χ2v) is 25.6. The molecule has 0 radical (unpaired) electrons. The van der Waals surface area contributed by atoms with E-state index in [0.717, 1.165) is 30.8 Å². The molecule has 92 heavy (non-hydrogen) atoms. The molecule has 3 amide bonds. The summed E-state index contributed by atoms with van der Waals surface area (Å²) in [6.45, 7) is 25.1. The number of rotatable bonds is 5. The van der Waals surface area contributed by atoms with Crippen molar-refractivity contribution >= 4 is 65.5 Å². The zero-order valence-corrected chi connectivity index (χ0v) is 55.5. The van der Waals surface area contributed by atoms with E-state index in [9.17, 15) is 70.3 Å². The first-order valence-corrected chi connectivity index (χ1v) is 26.5. The molecule has 5 atom stereocenters. The van der Waals surface area contributed by atoms with Crippen LogP contribution in [0.5, 0.6) is 0 Å². The van der Waals surface area contributed by atoms with Crippen molar-refractivity contribution in [2.45, 2.75) is 183 Å². The first kappa shape index (κ1) is 96.2. The average Bonchev–Trinajstić information content (AvgIpc) is 1.61. The van der Waals surface area contributed by atoms with Crippen LogP contribution in [-0.2, 0) is 71.5 Å². The third kappa shape index (κ3) is 25.5. The van der Waals surface area contributed by atoms with E-state index in [1.165, 1.54) is 35.2 Å². The largest absolute Gasteiger partial charge is 0.480 e. The molecule has 5 heterocycles. The van der Waals surface area contributed by atoms with Crippen LogP contribution in [0.3, 0.4) is 0 Å². The molecule has 0 unspecified atom stereocenters. The Kier molecular flexibility index (Phi) is 40.1. The van der Waals surface area contributed by atoms with Crippen LogP contribution in [0.25, 0.3) is 0 Å². The molecule has 5 fully saturated rings. The maximum atomic E-state index is 14.1. The maximum Gasteiger partial charge on any atom is 0.411 e. The molecular formula is C54H89F14N5O19. The van der Waals surface area contributed by atoms with Crippen molar-refractivity contribution in [3.05, 3.63) is 0 Å². The zero-order chi connectivity index (χ0) is 72.8. The number of amides is 3. The Labute approximate surface area is 523 Å². The molecule has 5 rings (SSSR count). The lowest BCUT2D eigenvalue weighted by Gasteiger charge is -2.32. The molecule has 0 aromatic heterocycles. The van der Waals surface area contributed by atoms with Crippen molar-refractivity contribution in [2.24, 2.45) is 21.7 Å². The molecule has 38 heteroatoms. The van der Waals surface area contributed by atoms with Gasteiger partial charge in [0.2, 0.25) is 0 Å². The summed E-state index contributed by atoms with van der Waals surface area (Å²) < 4.78 is 154. The molecule has 0 bridgehead atoms. The molecule has 5 aliphatic heterocycles. The highest BCUT2D eigenvalue weighted by Crippen LogP contribution is 2.50. The Morgan fingerprint density at radius 3 is 1.00 bits per heavy atom. The summed E-state index contributed by atoms with van der Waals surface area (Å²) in [4.78, 5) is 133. The number of alkyl halides is 4. The van der Waals surface area contributed by atoms with E-state index in [1.54, 1.807) is 114 Å². The first-order chi connectivity index (χ1) is 40.7. The van der Waals surface area contributed by atoms with E-state index in [2.05, 4.69) is 18.9 Å². The predicted octanol–water partition coefficient (Wildman–Crippen LogP) is 9.33. The highest BCUT2D eigenvalue weighted by molar-refractivity contribution is 6.00. The summed E-state index contributed by atoms with van der Waals surface area (Å²) in [6, 6.07) is -4.73. The van der Waals surface area contributed by atoms with Gasteiger partial charge in [-0.05, 0) is 76.4 Å². The van der Waals surface area contributed by atoms with Gasteiger partial charge in [-0.25, -0.2) is 46.3 Å². The van der Waals surface area contributed by atoms with E-state index in [-0.39, 0.29) is 51.3 Å². The normalized spacial score (nSPS) is 22.4. The van der Waals surface area contributed by atoms with Crippen LogP contribution in [0.15, 0.2) is 0 Å². The summed E-state index contributed by atoms with van der Waals surface area (Å²) in [5.74, 6) is -10.1. The fourth-order valence-electron chi connectivity index (χ4n) is 9.20. The van der Waals surface area contributed by atoms with Gasteiger partial charge in [-0.15, -0.1) is 0 Å². The number of Topliss-reactive ketones (excluding diaryl/α,β-unsaturated/α-hetero) is 3. The van der Waals surface area contributed by atoms with Crippen molar-refractivity contribution in [1.29, 1.82) is 0 Å². The number of ketones is 3. The van der Waals surface area contributed by atoms with E-state index in [4.69, 9.17) is 55.9 Å². The van der Waals surface area contributed by atoms with Crippen LogP contribution in [0, 0.1) is 21.7 Å². The van der Waals surface area contributed by atoms with Crippen molar-refractivity contribution in [3.8, 4) is 0 Å². The summed E-state index contributed by atoms with van der Waals surface area (Å²) in [6.07, 6.45) is -2.37. The number of nitrogens with zero attached hydrogens (tertiary/aromatic N) is 5. The monoisotopic (exact) mass is 1380 g/mol. The Morgan fingerprint density at radius 2 is 0.717 bits per heavy atom. The molecule has 542 valence electrons. The number of hydrogen-bond donors (Lipinski definition) is 1. The predicted molar refractivity (Wildman–Crippen MR) is 297 cm³/mol. The Balaban J connectivity index is -0.000000246. The van der Waals surface area contributed by atoms with Gasteiger partial charge in [0.15, 0.2) is 11.6 Å². The number of methoxy groups -OCH3 is 4. The Bertz CT molecular complexity index is 2440. The second-order valence-electron chi connectivity index (χ2n) is 25.6. The fourth-order valence-corrected chi connectivity index (χ4v) is 9.20.